The number of nitrogens with one attached hydrogen (secondary N) is 1. The van der Waals surface area contributed by atoms with Gasteiger partial charge in [-0.2, -0.15) is 0 Å². The number of hydrogen-bond acceptors (Lipinski definition) is 3. The summed E-state index contributed by atoms with van der Waals surface area (Å²) < 4.78 is 28.6. The predicted octanol–water partition coefficient (Wildman–Crippen LogP) is 3.26. The Morgan fingerprint density at radius 1 is 1.37 bits per heavy atom. The van der Waals surface area contributed by atoms with E-state index in [0.717, 1.165) is 23.7 Å². The summed E-state index contributed by atoms with van der Waals surface area (Å²) in [4.78, 5) is 0.114. The number of rotatable bonds is 5. The molecule has 1 aliphatic carbocycles. The van der Waals surface area contributed by atoms with Crippen molar-refractivity contribution < 1.29 is 8.42 Å². The fourth-order valence-corrected chi connectivity index (χ4v) is 5.24. The van der Waals surface area contributed by atoms with Crippen LogP contribution < -0.4 is 10.5 Å². The zero-order valence-electron chi connectivity index (χ0n) is 10.5. The molecule has 1 saturated carbocycles. The van der Waals surface area contributed by atoms with E-state index in [4.69, 9.17) is 5.73 Å². The molecule has 0 aliphatic heterocycles. The summed E-state index contributed by atoms with van der Waals surface area (Å²) >= 11 is 6.54. The Bertz CT molecular complexity index is 575. The van der Waals surface area contributed by atoms with E-state index in [2.05, 4.69) is 43.5 Å². The van der Waals surface area contributed by atoms with Crippen molar-refractivity contribution in [2.24, 2.45) is 5.41 Å². The molecule has 0 radical (unpaired) electrons. The van der Waals surface area contributed by atoms with Gasteiger partial charge in [-0.05, 0) is 52.7 Å². The van der Waals surface area contributed by atoms with Crippen LogP contribution in [0.5, 0.6) is 0 Å². The van der Waals surface area contributed by atoms with Gasteiger partial charge in [-0.25, -0.2) is 13.1 Å². The Morgan fingerprint density at radius 3 is 2.47 bits per heavy atom. The molecule has 0 atom stereocenters. The highest BCUT2D eigenvalue weighted by Gasteiger charge is 2.41. The molecular formula is C12H16Br2N2O2S. The second-order valence-corrected chi connectivity index (χ2v) is 8.46. The molecule has 0 unspecified atom stereocenters. The standard InChI is InChI=1S/C12H16Br2N2O2S/c1-2-12(3-4-12)7-16-19(17,18)11-9(14)5-8(13)6-10(11)15/h5-6,16H,2-4,7,15H2,1H3. The number of anilines is 1. The first-order valence-corrected chi connectivity index (χ1v) is 9.11. The number of nitrogen functional groups attached to an aromatic ring is 1. The zero-order chi connectivity index (χ0) is 14.3. The molecule has 106 valence electrons. The van der Waals surface area contributed by atoms with Crippen LogP contribution in [0.4, 0.5) is 5.69 Å². The second kappa shape index (κ2) is 5.35. The van der Waals surface area contributed by atoms with E-state index in [1.807, 2.05) is 0 Å². The highest BCUT2D eigenvalue weighted by Crippen LogP contribution is 2.48. The van der Waals surface area contributed by atoms with E-state index in [1.165, 1.54) is 0 Å². The van der Waals surface area contributed by atoms with Crippen molar-refractivity contribution >= 4 is 47.6 Å². The molecule has 0 heterocycles. The average Bonchev–Trinajstić information content (AvgIpc) is 3.05. The van der Waals surface area contributed by atoms with Crippen molar-refractivity contribution in [3.8, 4) is 0 Å². The van der Waals surface area contributed by atoms with Gasteiger partial charge >= 0.3 is 0 Å². The van der Waals surface area contributed by atoms with Gasteiger partial charge < -0.3 is 5.73 Å². The molecule has 1 aromatic rings. The first-order valence-electron chi connectivity index (χ1n) is 6.04. The summed E-state index contributed by atoms with van der Waals surface area (Å²) in [5.74, 6) is 0. The van der Waals surface area contributed by atoms with Crippen LogP contribution in [0, 0.1) is 5.41 Å². The minimum atomic E-state index is -3.58. The average molecular weight is 412 g/mol. The van der Waals surface area contributed by atoms with Gasteiger partial charge in [-0.3, -0.25) is 0 Å². The lowest BCUT2D eigenvalue weighted by atomic mass is 10.1. The van der Waals surface area contributed by atoms with Crippen LogP contribution in [-0.4, -0.2) is 15.0 Å². The number of nitrogens with two attached hydrogens (primary N) is 1. The van der Waals surface area contributed by atoms with E-state index in [9.17, 15) is 8.42 Å². The van der Waals surface area contributed by atoms with Gasteiger partial charge in [0.05, 0.1) is 5.69 Å². The van der Waals surface area contributed by atoms with Crippen LogP contribution in [-0.2, 0) is 10.0 Å². The largest absolute Gasteiger partial charge is 0.398 e. The SMILES string of the molecule is CCC1(CNS(=O)(=O)c2c(N)cc(Br)cc2Br)CC1. The quantitative estimate of drug-likeness (QED) is 0.730. The van der Waals surface area contributed by atoms with E-state index in [1.54, 1.807) is 12.1 Å². The zero-order valence-corrected chi connectivity index (χ0v) is 14.5. The third-order valence-electron chi connectivity index (χ3n) is 3.65. The van der Waals surface area contributed by atoms with Crippen molar-refractivity contribution in [1.29, 1.82) is 0 Å². The van der Waals surface area contributed by atoms with Crippen molar-refractivity contribution in [2.45, 2.75) is 31.1 Å². The first-order chi connectivity index (χ1) is 8.80. The van der Waals surface area contributed by atoms with E-state index in [0.29, 0.717) is 11.0 Å². The van der Waals surface area contributed by atoms with Crippen molar-refractivity contribution in [3.05, 3.63) is 21.1 Å². The summed E-state index contributed by atoms with van der Waals surface area (Å²) in [5.41, 5.74) is 6.20. The summed E-state index contributed by atoms with van der Waals surface area (Å²) in [6.45, 7) is 2.57. The maximum absolute atomic E-state index is 12.3. The lowest BCUT2D eigenvalue weighted by molar-refractivity contribution is 0.475. The molecule has 0 aromatic heterocycles. The molecule has 0 spiro atoms. The molecule has 0 bridgehead atoms. The minimum absolute atomic E-state index is 0.114. The van der Waals surface area contributed by atoms with Gasteiger partial charge in [-0.1, -0.05) is 22.9 Å². The Hall–Kier alpha value is -0.110. The third-order valence-corrected chi connectivity index (χ3v) is 6.51. The van der Waals surface area contributed by atoms with Crippen LogP contribution in [0.15, 0.2) is 26.0 Å². The number of hydrogen-bond donors (Lipinski definition) is 2. The monoisotopic (exact) mass is 410 g/mol. The Morgan fingerprint density at radius 2 is 2.00 bits per heavy atom. The molecule has 1 fully saturated rings. The molecule has 7 heteroatoms. The number of halogens is 2. The topological polar surface area (TPSA) is 72.2 Å². The molecule has 1 aromatic carbocycles. The molecular weight excluding hydrogens is 396 g/mol. The molecule has 0 amide bonds. The van der Waals surface area contributed by atoms with Crippen molar-refractivity contribution in [1.82, 2.24) is 4.72 Å². The Kier molecular flexibility index (Phi) is 4.30. The summed E-state index contributed by atoms with van der Waals surface area (Å²) in [7, 11) is -3.58. The number of benzene rings is 1. The lowest BCUT2D eigenvalue weighted by Gasteiger charge is -2.15. The smallest absolute Gasteiger partial charge is 0.243 e. The van der Waals surface area contributed by atoms with Crippen molar-refractivity contribution in [3.63, 3.8) is 0 Å². The maximum Gasteiger partial charge on any atom is 0.243 e. The summed E-state index contributed by atoms with van der Waals surface area (Å²) in [5, 5.41) is 0. The number of sulfonamides is 1. The molecule has 3 N–H and O–H groups in total. The van der Waals surface area contributed by atoms with Gasteiger partial charge in [-0.15, -0.1) is 0 Å². The van der Waals surface area contributed by atoms with Crippen LogP contribution in [0.1, 0.15) is 26.2 Å². The maximum atomic E-state index is 12.3. The fourth-order valence-electron chi connectivity index (χ4n) is 2.02. The van der Waals surface area contributed by atoms with Gasteiger partial charge in [0.2, 0.25) is 10.0 Å². The van der Waals surface area contributed by atoms with E-state index in [-0.39, 0.29) is 16.0 Å². The van der Waals surface area contributed by atoms with E-state index >= 15 is 0 Å². The first kappa shape index (κ1) is 15.3. The Balaban J connectivity index is 2.25. The third kappa shape index (κ3) is 3.32. The summed E-state index contributed by atoms with van der Waals surface area (Å²) in [6, 6.07) is 3.27. The highest BCUT2D eigenvalue weighted by atomic mass is 79.9. The molecule has 19 heavy (non-hydrogen) atoms. The highest BCUT2D eigenvalue weighted by molar-refractivity contribution is 9.11. The minimum Gasteiger partial charge on any atom is -0.398 e. The van der Waals surface area contributed by atoms with Gasteiger partial charge in [0.1, 0.15) is 4.90 Å². The molecule has 2 rings (SSSR count). The fraction of sp³-hybridized carbons (Fsp3) is 0.500. The van der Waals surface area contributed by atoms with Gasteiger partial charge in [0, 0.05) is 15.5 Å². The van der Waals surface area contributed by atoms with E-state index < -0.39 is 10.0 Å². The normalized spacial score (nSPS) is 17.4. The van der Waals surface area contributed by atoms with Gasteiger partial charge in [0.25, 0.3) is 0 Å². The Labute approximate surface area is 130 Å². The van der Waals surface area contributed by atoms with Gasteiger partial charge in [0.15, 0.2) is 0 Å². The van der Waals surface area contributed by atoms with Crippen molar-refractivity contribution in [2.75, 3.05) is 12.3 Å². The van der Waals surface area contributed by atoms with Crippen LogP contribution in [0.25, 0.3) is 0 Å². The molecule has 0 saturated heterocycles. The predicted molar refractivity (Wildman–Crippen MR) is 83.4 cm³/mol. The van der Waals surface area contributed by atoms with Crippen LogP contribution >= 0.6 is 31.9 Å². The molecule has 4 nitrogen and oxygen atoms in total. The summed E-state index contributed by atoms with van der Waals surface area (Å²) in [6.07, 6.45) is 3.17. The second-order valence-electron chi connectivity index (χ2n) is 4.98. The van der Waals surface area contributed by atoms with Crippen LogP contribution in [0.2, 0.25) is 0 Å². The van der Waals surface area contributed by atoms with Crippen LogP contribution in [0.3, 0.4) is 0 Å². The lowest BCUT2D eigenvalue weighted by Crippen LogP contribution is -2.30. The molecule has 1 aliphatic rings.